The minimum absolute atomic E-state index is 0.0485. The van der Waals surface area contributed by atoms with Crippen molar-refractivity contribution in [3.63, 3.8) is 0 Å². The van der Waals surface area contributed by atoms with E-state index < -0.39 is 0 Å². The molecule has 1 N–H and O–H groups in total. The quantitative estimate of drug-likeness (QED) is 0.763. The summed E-state index contributed by atoms with van der Waals surface area (Å²) in [4.78, 5) is 21.6. The van der Waals surface area contributed by atoms with Crippen LogP contribution in [0.2, 0.25) is 0 Å². The van der Waals surface area contributed by atoms with Crippen LogP contribution < -0.4 is 10.2 Å². The molecule has 1 amide bonds. The number of piperazine rings is 1. The molecule has 144 valence electrons. The second-order valence-corrected chi connectivity index (χ2v) is 7.64. The van der Waals surface area contributed by atoms with E-state index in [1.807, 2.05) is 17.0 Å². The minimum atomic E-state index is 0.0485. The molecule has 2 fully saturated rings. The molecule has 1 aromatic heterocycles. The first-order chi connectivity index (χ1) is 13.7. The number of rotatable bonds is 3. The third-order valence-electron chi connectivity index (χ3n) is 5.97. The Kier molecular flexibility index (Phi) is 4.28. The number of nitrogens with one attached hydrogen (secondary N) is 1. The fourth-order valence-corrected chi connectivity index (χ4v) is 4.15. The molecular formula is C22H25N5O. The molecule has 6 heteroatoms. The molecule has 6 nitrogen and oxygen atoms in total. The maximum atomic E-state index is 12.4. The predicted molar refractivity (Wildman–Crippen MR) is 111 cm³/mol. The summed E-state index contributed by atoms with van der Waals surface area (Å²) >= 11 is 0. The van der Waals surface area contributed by atoms with E-state index in [1.165, 1.54) is 5.69 Å². The van der Waals surface area contributed by atoms with Gasteiger partial charge in [0.1, 0.15) is 5.82 Å². The van der Waals surface area contributed by atoms with Crippen LogP contribution in [-0.2, 0) is 11.8 Å². The lowest BCUT2D eigenvalue weighted by atomic mass is 10.1. The van der Waals surface area contributed by atoms with Crippen molar-refractivity contribution in [1.82, 2.24) is 19.8 Å². The highest BCUT2D eigenvalue weighted by Crippen LogP contribution is 2.27. The first-order valence-electron chi connectivity index (χ1n) is 10.00. The van der Waals surface area contributed by atoms with E-state index in [9.17, 15) is 4.79 Å². The molecule has 2 aliphatic heterocycles. The van der Waals surface area contributed by atoms with Crippen LogP contribution in [0.15, 0.2) is 48.5 Å². The van der Waals surface area contributed by atoms with Gasteiger partial charge in [-0.2, -0.15) is 0 Å². The van der Waals surface area contributed by atoms with Gasteiger partial charge in [0.15, 0.2) is 0 Å². The maximum Gasteiger partial charge on any atom is 0.239 e. The van der Waals surface area contributed by atoms with E-state index in [4.69, 9.17) is 4.98 Å². The number of anilines is 1. The third-order valence-corrected chi connectivity index (χ3v) is 5.97. The SMILES string of the molecule is Cn1c(-c2cccc(N3CCN(C(=O)[C@@H]4CCN4)CC3)c2)nc2ccccc21. The summed E-state index contributed by atoms with van der Waals surface area (Å²) in [6, 6.07) is 16.8. The van der Waals surface area contributed by atoms with Crippen LogP contribution >= 0.6 is 0 Å². The van der Waals surface area contributed by atoms with Crippen LogP contribution in [0.1, 0.15) is 6.42 Å². The molecule has 5 rings (SSSR count). The van der Waals surface area contributed by atoms with Gasteiger partial charge in [-0.15, -0.1) is 0 Å². The lowest BCUT2D eigenvalue weighted by molar-refractivity contribution is -0.135. The average Bonchev–Trinajstić information content (AvgIpc) is 3.04. The average molecular weight is 375 g/mol. The van der Waals surface area contributed by atoms with Gasteiger partial charge in [-0.05, 0) is 37.2 Å². The van der Waals surface area contributed by atoms with Crippen LogP contribution in [0.4, 0.5) is 5.69 Å². The van der Waals surface area contributed by atoms with Gasteiger partial charge < -0.3 is 19.7 Å². The predicted octanol–water partition coefficient (Wildman–Crippen LogP) is 2.25. The second kappa shape index (κ2) is 6.95. The van der Waals surface area contributed by atoms with Gasteiger partial charge in [-0.1, -0.05) is 24.3 Å². The number of aryl methyl sites for hydroxylation is 1. The standard InChI is InChI=1S/C22H25N5O/c1-25-20-8-3-2-7-18(20)24-21(25)16-5-4-6-17(15-16)26-11-13-27(14-12-26)22(28)19-9-10-23-19/h2-8,15,19,23H,9-14H2,1H3/t19-/m0/s1. The van der Waals surface area contributed by atoms with Crippen molar-refractivity contribution in [2.45, 2.75) is 12.5 Å². The number of carbonyl (C=O) groups excluding carboxylic acids is 1. The maximum absolute atomic E-state index is 12.4. The summed E-state index contributed by atoms with van der Waals surface area (Å²) in [6.07, 6.45) is 0.971. The fourth-order valence-electron chi connectivity index (χ4n) is 4.15. The molecule has 1 atom stereocenters. The van der Waals surface area contributed by atoms with Crippen LogP contribution in [-0.4, -0.2) is 59.1 Å². The van der Waals surface area contributed by atoms with Crippen LogP contribution in [0, 0.1) is 0 Å². The summed E-state index contributed by atoms with van der Waals surface area (Å²) in [6.45, 7) is 4.27. The van der Waals surface area contributed by atoms with E-state index in [-0.39, 0.29) is 11.9 Å². The zero-order chi connectivity index (χ0) is 19.1. The van der Waals surface area contributed by atoms with Crippen molar-refractivity contribution in [3.05, 3.63) is 48.5 Å². The lowest BCUT2D eigenvalue weighted by Crippen LogP contribution is -2.58. The Labute approximate surface area is 164 Å². The number of nitrogens with zero attached hydrogens (tertiary/aromatic N) is 4. The summed E-state index contributed by atoms with van der Waals surface area (Å²) in [5, 5.41) is 3.21. The summed E-state index contributed by atoms with van der Waals surface area (Å²) in [5.74, 6) is 1.24. The van der Waals surface area contributed by atoms with Crippen molar-refractivity contribution >= 4 is 22.6 Å². The molecule has 3 aromatic rings. The van der Waals surface area contributed by atoms with Crippen LogP contribution in [0.25, 0.3) is 22.4 Å². The van der Waals surface area contributed by atoms with E-state index in [0.717, 1.165) is 61.6 Å². The molecule has 0 aliphatic carbocycles. The van der Waals surface area contributed by atoms with Crippen molar-refractivity contribution in [2.75, 3.05) is 37.6 Å². The van der Waals surface area contributed by atoms with Crippen LogP contribution in [0.3, 0.4) is 0 Å². The Balaban J connectivity index is 1.35. The van der Waals surface area contributed by atoms with Gasteiger partial charge in [0, 0.05) is 44.5 Å². The molecule has 2 saturated heterocycles. The number of carbonyl (C=O) groups is 1. The zero-order valence-electron chi connectivity index (χ0n) is 16.1. The number of hydrogen-bond acceptors (Lipinski definition) is 4. The van der Waals surface area contributed by atoms with E-state index in [2.05, 4.69) is 58.2 Å². The monoisotopic (exact) mass is 375 g/mol. The molecule has 2 aliphatic rings. The third kappa shape index (κ3) is 2.94. The van der Waals surface area contributed by atoms with Gasteiger partial charge in [0.2, 0.25) is 5.91 Å². The Morgan fingerprint density at radius 1 is 1.07 bits per heavy atom. The Morgan fingerprint density at radius 3 is 2.57 bits per heavy atom. The number of aromatic nitrogens is 2. The number of benzene rings is 2. The molecule has 28 heavy (non-hydrogen) atoms. The second-order valence-electron chi connectivity index (χ2n) is 7.64. The summed E-state index contributed by atoms with van der Waals surface area (Å²) in [7, 11) is 2.07. The smallest absolute Gasteiger partial charge is 0.239 e. The van der Waals surface area contributed by atoms with Crippen LogP contribution in [0.5, 0.6) is 0 Å². The molecular weight excluding hydrogens is 350 g/mol. The van der Waals surface area contributed by atoms with Gasteiger partial charge in [-0.25, -0.2) is 4.98 Å². The Hall–Kier alpha value is -2.86. The summed E-state index contributed by atoms with van der Waals surface area (Å²) < 4.78 is 2.15. The van der Waals surface area contributed by atoms with Gasteiger partial charge >= 0.3 is 0 Å². The van der Waals surface area contributed by atoms with Gasteiger partial charge in [0.05, 0.1) is 17.1 Å². The van der Waals surface area contributed by atoms with Crippen molar-refractivity contribution in [1.29, 1.82) is 0 Å². The largest absolute Gasteiger partial charge is 0.368 e. The number of amides is 1. The molecule has 2 aromatic carbocycles. The topological polar surface area (TPSA) is 53.4 Å². The molecule has 3 heterocycles. The number of hydrogen-bond donors (Lipinski definition) is 1. The van der Waals surface area contributed by atoms with Gasteiger partial charge in [0.25, 0.3) is 0 Å². The van der Waals surface area contributed by atoms with Crippen molar-refractivity contribution in [2.24, 2.45) is 7.05 Å². The Morgan fingerprint density at radius 2 is 1.86 bits per heavy atom. The Bertz CT molecular complexity index is 1010. The first kappa shape index (κ1) is 17.3. The van der Waals surface area contributed by atoms with Gasteiger partial charge in [-0.3, -0.25) is 4.79 Å². The summed E-state index contributed by atoms with van der Waals surface area (Å²) in [5.41, 5.74) is 4.47. The zero-order valence-corrected chi connectivity index (χ0v) is 16.1. The highest BCUT2D eigenvalue weighted by molar-refractivity contribution is 5.83. The molecule has 0 unspecified atom stereocenters. The highest BCUT2D eigenvalue weighted by Gasteiger charge is 2.30. The normalized spacial score (nSPS) is 19.7. The van der Waals surface area contributed by atoms with Crippen molar-refractivity contribution < 1.29 is 4.79 Å². The first-order valence-corrected chi connectivity index (χ1v) is 10.00. The molecule has 0 radical (unpaired) electrons. The van der Waals surface area contributed by atoms with E-state index in [0.29, 0.717) is 0 Å². The molecule has 0 bridgehead atoms. The number of para-hydroxylation sites is 2. The van der Waals surface area contributed by atoms with Crippen molar-refractivity contribution in [3.8, 4) is 11.4 Å². The number of fused-ring (bicyclic) bond motifs is 1. The van der Waals surface area contributed by atoms with E-state index >= 15 is 0 Å². The lowest BCUT2D eigenvalue weighted by Gasteiger charge is -2.39. The van der Waals surface area contributed by atoms with E-state index in [1.54, 1.807) is 0 Å². The highest BCUT2D eigenvalue weighted by atomic mass is 16.2. The fraction of sp³-hybridized carbons (Fsp3) is 0.364. The number of imidazole rings is 1. The molecule has 0 saturated carbocycles. The minimum Gasteiger partial charge on any atom is -0.368 e. The molecule has 0 spiro atoms.